The van der Waals surface area contributed by atoms with Gasteiger partial charge in [-0.1, -0.05) is 23.7 Å². The molecule has 0 saturated heterocycles. The molecule has 7 heteroatoms. The number of carbonyl (C=O) groups excluding carboxylic acids is 3. The Hall–Kier alpha value is -3.51. The maximum absolute atomic E-state index is 13.3. The molecule has 1 aliphatic rings. The summed E-state index contributed by atoms with van der Waals surface area (Å²) in [6, 6.07) is 13.7. The Kier molecular flexibility index (Phi) is 4.87. The normalized spacial score (nSPS) is 12.9. The van der Waals surface area contributed by atoms with Crippen LogP contribution in [0.5, 0.6) is 0 Å². The number of rotatable bonds is 3. The van der Waals surface area contributed by atoms with E-state index < -0.39 is 23.5 Å². The first-order chi connectivity index (χ1) is 14.3. The number of nitrogens with one attached hydrogen (secondary N) is 1. The van der Waals surface area contributed by atoms with E-state index in [1.807, 2.05) is 26.0 Å². The van der Waals surface area contributed by atoms with Gasteiger partial charge in [-0.25, -0.2) is 9.29 Å². The van der Waals surface area contributed by atoms with Crippen molar-refractivity contribution in [3.8, 4) is 0 Å². The van der Waals surface area contributed by atoms with Gasteiger partial charge in [0.15, 0.2) is 0 Å². The molecule has 0 aromatic heterocycles. The molecule has 0 atom stereocenters. The number of nitrogens with zero attached hydrogens (tertiary/aromatic N) is 1. The van der Waals surface area contributed by atoms with E-state index >= 15 is 0 Å². The summed E-state index contributed by atoms with van der Waals surface area (Å²) in [6.07, 6.45) is 0. The zero-order valence-corrected chi connectivity index (χ0v) is 16.9. The first kappa shape index (κ1) is 19.8. The van der Waals surface area contributed by atoms with E-state index in [2.05, 4.69) is 5.32 Å². The minimum Gasteiger partial charge on any atom is -0.322 e. The molecule has 0 bridgehead atoms. The Morgan fingerprint density at radius 2 is 1.67 bits per heavy atom. The predicted octanol–water partition coefficient (Wildman–Crippen LogP) is 5.15. The van der Waals surface area contributed by atoms with E-state index in [9.17, 15) is 18.8 Å². The lowest BCUT2D eigenvalue weighted by molar-refractivity contribution is 0.0925. The van der Waals surface area contributed by atoms with Gasteiger partial charge in [-0.2, -0.15) is 0 Å². The van der Waals surface area contributed by atoms with Gasteiger partial charge in [-0.15, -0.1) is 0 Å². The van der Waals surface area contributed by atoms with E-state index in [0.29, 0.717) is 11.4 Å². The van der Waals surface area contributed by atoms with Crippen molar-refractivity contribution in [1.82, 2.24) is 0 Å². The van der Waals surface area contributed by atoms with E-state index in [-0.39, 0.29) is 21.7 Å². The van der Waals surface area contributed by atoms with Crippen LogP contribution in [-0.4, -0.2) is 17.7 Å². The van der Waals surface area contributed by atoms with Crippen molar-refractivity contribution in [3.05, 3.63) is 93.3 Å². The minimum absolute atomic E-state index is 0.119. The first-order valence-electron chi connectivity index (χ1n) is 9.13. The predicted molar refractivity (Wildman–Crippen MR) is 113 cm³/mol. The van der Waals surface area contributed by atoms with Crippen molar-refractivity contribution >= 4 is 40.7 Å². The minimum atomic E-state index is -0.595. The highest BCUT2D eigenvalue weighted by atomic mass is 35.5. The fraction of sp³-hybridized carbons (Fsp3) is 0.0870. The third-order valence-electron chi connectivity index (χ3n) is 4.93. The highest BCUT2D eigenvalue weighted by molar-refractivity contribution is 6.35. The van der Waals surface area contributed by atoms with Gasteiger partial charge in [0.05, 0.1) is 21.8 Å². The second-order valence-corrected chi connectivity index (χ2v) is 7.49. The maximum atomic E-state index is 13.3. The van der Waals surface area contributed by atoms with Gasteiger partial charge in [0.2, 0.25) is 0 Å². The van der Waals surface area contributed by atoms with E-state index in [1.54, 1.807) is 6.07 Å². The fourth-order valence-electron chi connectivity index (χ4n) is 3.34. The number of carbonyl (C=O) groups is 3. The molecule has 0 fully saturated rings. The van der Waals surface area contributed by atoms with Gasteiger partial charge in [0, 0.05) is 11.3 Å². The van der Waals surface area contributed by atoms with E-state index in [1.165, 1.54) is 30.3 Å². The number of fused-ring (bicyclic) bond motifs is 1. The summed E-state index contributed by atoms with van der Waals surface area (Å²) in [5.74, 6) is -2.02. The average molecular weight is 423 g/mol. The van der Waals surface area contributed by atoms with Crippen molar-refractivity contribution in [2.24, 2.45) is 0 Å². The van der Waals surface area contributed by atoms with Crippen LogP contribution in [0.2, 0.25) is 5.02 Å². The van der Waals surface area contributed by atoms with Crippen LogP contribution in [0.4, 0.5) is 15.8 Å². The second kappa shape index (κ2) is 7.39. The highest BCUT2D eigenvalue weighted by Crippen LogP contribution is 2.32. The molecular formula is C23H16ClFN2O3. The number of hydrogen-bond acceptors (Lipinski definition) is 3. The molecule has 4 rings (SSSR count). The van der Waals surface area contributed by atoms with E-state index in [4.69, 9.17) is 11.6 Å². The molecule has 3 aromatic rings. The molecule has 0 radical (unpaired) electrons. The molecule has 0 saturated carbocycles. The molecule has 3 amide bonds. The number of anilines is 2. The zero-order valence-electron chi connectivity index (χ0n) is 16.1. The van der Waals surface area contributed by atoms with E-state index in [0.717, 1.165) is 22.1 Å². The van der Waals surface area contributed by atoms with Gasteiger partial charge in [-0.05, 0) is 67.4 Å². The Labute approximate surface area is 177 Å². The summed E-state index contributed by atoms with van der Waals surface area (Å²) in [5, 5.41) is 2.48. The number of hydrogen-bond donors (Lipinski definition) is 1. The van der Waals surface area contributed by atoms with Crippen molar-refractivity contribution < 1.29 is 18.8 Å². The van der Waals surface area contributed by atoms with Crippen LogP contribution in [0.15, 0.2) is 54.6 Å². The Balaban J connectivity index is 1.65. The summed E-state index contributed by atoms with van der Waals surface area (Å²) in [5.41, 5.74) is 3.14. The molecule has 5 nitrogen and oxygen atoms in total. The zero-order chi connectivity index (χ0) is 21.6. The molecule has 30 heavy (non-hydrogen) atoms. The average Bonchev–Trinajstić information content (AvgIpc) is 2.96. The first-order valence-corrected chi connectivity index (χ1v) is 9.50. The lowest BCUT2D eigenvalue weighted by atomic mass is 10.1. The van der Waals surface area contributed by atoms with Gasteiger partial charge in [0.1, 0.15) is 5.82 Å². The highest BCUT2D eigenvalue weighted by Gasteiger charge is 2.37. The third kappa shape index (κ3) is 3.35. The van der Waals surface area contributed by atoms with Gasteiger partial charge in [0.25, 0.3) is 17.7 Å². The van der Waals surface area contributed by atoms with Crippen LogP contribution in [0, 0.1) is 19.7 Å². The van der Waals surface area contributed by atoms with Gasteiger partial charge in [-0.3, -0.25) is 14.4 Å². The SMILES string of the molecule is Cc1ccc(C)c(N2C(=O)c3ccc(C(=O)Nc4ccc(F)c(Cl)c4)cc3C2=O)c1. The Bertz CT molecular complexity index is 1240. The molecule has 1 N–H and O–H groups in total. The van der Waals surface area contributed by atoms with Crippen molar-refractivity contribution in [2.45, 2.75) is 13.8 Å². The lowest BCUT2D eigenvalue weighted by Gasteiger charge is -2.17. The Morgan fingerprint density at radius 3 is 2.40 bits per heavy atom. The summed E-state index contributed by atoms with van der Waals surface area (Å²) in [6.45, 7) is 3.70. The lowest BCUT2D eigenvalue weighted by Crippen LogP contribution is -2.30. The van der Waals surface area contributed by atoms with Crippen LogP contribution < -0.4 is 10.2 Å². The Morgan fingerprint density at radius 1 is 0.933 bits per heavy atom. The summed E-state index contributed by atoms with van der Waals surface area (Å²) >= 11 is 5.74. The summed E-state index contributed by atoms with van der Waals surface area (Å²) < 4.78 is 13.3. The van der Waals surface area contributed by atoms with Crippen molar-refractivity contribution in [3.63, 3.8) is 0 Å². The maximum Gasteiger partial charge on any atom is 0.266 e. The van der Waals surface area contributed by atoms with Crippen LogP contribution in [-0.2, 0) is 0 Å². The molecule has 0 aliphatic carbocycles. The molecule has 150 valence electrons. The smallest absolute Gasteiger partial charge is 0.266 e. The summed E-state index contributed by atoms with van der Waals surface area (Å²) in [4.78, 5) is 39.6. The van der Waals surface area contributed by atoms with Gasteiger partial charge < -0.3 is 5.32 Å². The van der Waals surface area contributed by atoms with Crippen LogP contribution in [0.1, 0.15) is 42.2 Å². The van der Waals surface area contributed by atoms with Crippen molar-refractivity contribution in [1.29, 1.82) is 0 Å². The number of benzene rings is 3. The number of imide groups is 1. The quantitative estimate of drug-likeness (QED) is 0.593. The topological polar surface area (TPSA) is 66.5 Å². The second-order valence-electron chi connectivity index (χ2n) is 7.08. The molecular weight excluding hydrogens is 407 g/mol. The van der Waals surface area contributed by atoms with Crippen molar-refractivity contribution in [2.75, 3.05) is 10.2 Å². The molecule has 1 aliphatic heterocycles. The number of amides is 3. The summed E-state index contributed by atoms with van der Waals surface area (Å²) in [7, 11) is 0. The number of halogens is 2. The standard InChI is InChI=1S/C23H16ClFN2O3/c1-12-3-4-13(2)20(9-12)27-22(29)16-7-5-14(10-17(16)23(27)30)21(28)26-15-6-8-19(25)18(24)11-15/h3-11H,1-2H3,(H,26,28). The molecule has 1 heterocycles. The van der Waals surface area contributed by atoms with Crippen LogP contribution >= 0.6 is 11.6 Å². The van der Waals surface area contributed by atoms with Crippen LogP contribution in [0.25, 0.3) is 0 Å². The molecule has 3 aromatic carbocycles. The van der Waals surface area contributed by atoms with Gasteiger partial charge >= 0.3 is 0 Å². The monoisotopic (exact) mass is 422 g/mol. The largest absolute Gasteiger partial charge is 0.322 e. The molecule has 0 spiro atoms. The number of aryl methyl sites for hydroxylation is 2. The third-order valence-corrected chi connectivity index (χ3v) is 5.22. The molecule has 0 unspecified atom stereocenters. The fourth-order valence-corrected chi connectivity index (χ4v) is 3.52. The van der Waals surface area contributed by atoms with Crippen LogP contribution in [0.3, 0.4) is 0 Å².